The van der Waals surface area contributed by atoms with Crippen LogP contribution in [-0.2, 0) is 17.8 Å². The second kappa shape index (κ2) is 9.62. The maximum Gasteiger partial charge on any atom is 0.276 e. The zero-order valence-electron chi connectivity index (χ0n) is 18.5. The minimum Gasteiger partial charge on any atom is -0.380 e. The number of hydrogen-bond acceptors (Lipinski definition) is 5. The molecular weight excluding hydrogens is 440 g/mol. The SMILES string of the molecule is CC(=O)N1CCCC(Nc2cccc3cnn(CCc4cn5ccccc5n4)c(=O)c23)C1.Cl. The van der Waals surface area contributed by atoms with Gasteiger partial charge in [-0.05, 0) is 31.0 Å². The Morgan fingerprint density at radius 1 is 1.21 bits per heavy atom. The van der Waals surface area contributed by atoms with Crippen molar-refractivity contribution in [2.24, 2.45) is 0 Å². The molecule has 5 rings (SSSR count). The van der Waals surface area contributed by atoms with Crippen LogP contribution in [-0.4, -0.2) is 49.1 Å². The predicted octanol–water partition coefficient (Wildman–Crippen LogP) is 3.13. The molecule has 0 bridgehead atoms. The smallest absolute Gasteiger partial charge is 0.276 e. The molecule has 0 radical (unpaired) electrons. The maximum atomic E-state index is 13.3. The second-order valence-electron chi connectivity index (χ2n) is 8.34. The number of aromatic nitrogens is 4. The minimum absolute atomic E-state index is 0. The number of aryl methyl sites for hydroxylation is 2. The molecule has 0 aliphatic carbocycles. The van der Waals surface area contributed by atoms with Gasteiger partial charge in [0, 0.05) is 55.9 Å². The maximum absolute atomic E-state index is 13.3. The summed E-state index contributed by atoms with van der Waals surface area (Å²) in [6.45, 7) is 3.50. The van der Waals surface area contributed by atoms with Gasteiger partial charge in [0.25, 0.3) is 5.56 Å². The highest BCUT2D eigenvalue weighted by Gasteiger charge is 2.22. The zero-order chi connectivity index (χ0) is 22.1. The van der Waals surface area contributed by atoms with Crippen LogP contribution < -0.4 is 10.9 Å². The number of pyridine rings is 1. The van der Waals surface area contributed by atoms with E-state index in [2.05, 4.69) is 15.4 Å². The number of fused-ring (bicyclic) bond motifs is 2. The van der Waals surface area contributed by atoms with Crippen molar-refractivity contribution in [3.63, 3.8) is 0 Å². The molecule has 1 fully saturated rings. The van der Waals surface area contributed by atoms with Crippen LogP contribution in [0.15, 0.2) is 59.8 Å². The van der Waals surface area contributed by atoms with Gasteiger partial charge in [0.1, 0.15) is 5.65 Å². The normalized spacial score (nSPS) is 16.0. The number of likely N-dealkylation sites (tertiary alicyclic amines) is 1. The van der Waals surface area contributed by atoms with E-state index < -0.39 is 0 Å². The Morgan fingerprint density at radius 2 is 2.09 bits per heavy atom. The molecular formula is C24H27ClN6O2. The van der Waals surface area contributed by atoms with Crippen LogP contribution in [0.3, 0.4) is 0 Å². The molecule has 1 amide bonds. The average Bonchev–Trinajstić information content (AvgIpc) is 3.22. The Bertz CT molecular complexity index is 1310. The standard InChI is InChI=1S/C24H26N6O2.ClH/c1-17(31)28-12-5-7-19(15-28)26-21-8-4-6-18-14-25-30(24(32)23(18)21)13-10-20-16-29-11-3-2-9-22(29)27-20;/h2-4,6,8-9,11,14,16,19,26H,5,7,10,12-13,15H2,1H3;1H. The van der Waals surface area contributed by atoms with E-state index in [0.29, 0.717) is 24.9 Å². The highest BCUT2D eigenvalue weighted by molar-refractivity contribution is 5.92. The molecule has 1 saturated heterocycles. The first-order chi connectivity index (χ1) is 15.6. The molecule has 33 heavy (non-hydrogen) atoms. The number of hydrogen-bond donors (Lipinski definition) is 1. The molecule has 4 aromatic rings. The summed E-state index contributed by atoms with van der Waals surface area (Å²) < 4.78 is 3.49. The van der Waals surface area contributed by atoms with E-state index in [1.54, 1.807) is 13.1 Å². The molecule has 1 N–H and O–H groups in total. The first kappa shape index (κ1) is 22.8. The van der Waals surface area contributed by atoms with Crippen molar-refractivity contribution < 1.29 is 4.79 Å². The molecule has 9 heteroatoms. The highest BCUT2D eigenvalue weighted by Crippen LogP contribution is 2.22. The quantitative estimate of drug-likeness (QED) is 0.488. The topological polar surface area (TPSA) is 84.5 Å². The van der Waals surface area contributed by atoms with Crippen molar-refractivity contribution in [1.29, 1.82) is 0 Å². The van der Waals surface area contributed by atoms with E-state index in [9.17, 15) is 9.59 Å². The third-order valence-corrected chi connectivity index (χ3v) is 6.10. The van der Waals surface area contributed by atoms with Crippen LogP contribution in [0.4, 0.5) is 5.69 Å². The highest BCUT2D eigenvalue weighted by atomic mass is 35.5. The van der Waals surface area contributed by atoms with Gasteiger partial charge < -0.3 is 14.6 Å². The van der Waals surface area contributed by atoms with Gasteiger partial charge in [0.05, 0.1) is 23.8 Å². The van der Waals surface area contributed by atoms with Crippen LogP contribution >= 0.6 is 12.4 Å². The van der Waals surface area contributed by atoms with E-state index in [-0.39, 0.29) is 29.9 Å². The lowest BCUT2D eigenvalue weighted by molar-refractivity contribution is -0.129. The minimum atomic E-state index is -0.117. The summed E-state index contributed by atoms with van der Waals surface area (Å²) in [5.41, 5.74) is 2.49. The summed E-state index contributed by atoms with van der Waals surface area (Å²) in [5.74, 6) is 0.0907. The number of carbonyl (C=O) groups excluding carboxylic acids is 1. The zero-order valence-corrected chi connectivity index (χ0v) is 19.3. The second-order valence-corrected chi connectivity index (χ2v) is 8.34. The monoisotopic (exact) mass is 466 g/mol. The van der Waals surface area contributed by atoms with Gasteiger partial charge in [0.2, 0.25) is 5.91 Å². The van der Waals surface area contributed by atoms with Crippen molar-refractivity contribution in [3.8, 4) is 0 Å². The van der Waals surface area contributed by atoms with Crippen molar-refractivity contribution in [2.45, 2.75) is 38.8 Å². The van der Waals surface area contributed by atoms with Crippen LogP contribution in [0.2, 0.25) is 0 Å². The van der Waals surface area contributed by atoms with Crippen molar-refractivity contribution >= 4 is 40.4 Å². The Labute approximate surface area is 197 Å². The van der Waals surface area contributed by atoms with Gasteiger partial charge in [-0.2, -0.15) is 5.10 Å². The van der Waals surface area contributed by atoms with Crippen LogP contribution in [0.1, 0.15) is 25.5 Å². The number of halogens is 1. The number of nitrogens with one attached hydrogen (secondary N) is 1. The summed E-state index contributed by atoms with van der Waals surface area (Å²) in [5, 5.41) is 9.35. The van der Waals surface area contributed by atoms with Crippen molar-refractivity contribution in [1.82, 2.24) is 24.1 Å². The first-order valence-corrected chi connectivity index (χ1v) is 11.0. The summed E-state index contributed by atoms with van der Waals surface area (Å²) in [7, 11) is 0. The van der Waals surface area contributed by atoms with E-state index in [4.69, 9.17) is 0 Å². The third-order valence-electron chi connectivity index (χ3n) is 6.10. The Hall–Kier alpha value is -3.39. The number of rotatable bonds is 5. The molecule has 0 saturated carbocycles. The number of amides is 1. The number of carbonyl (C=O) groups is 1. The van der Waals surface area contributed by atoms with Gasteiger partial charge in [-0.25, -0.2) is 9.67 Å². The van der Waals surface area contributed by atoms with Gasteiger partial charge in [-0.3, -0.25) is 9.59 Å². The number of anilines is 1. The molecule has 0 spiro atoms. The van der Waals surface area contributed by atoms with Gasteiger partial charge in [0.15, 0.2) is 0 Å². The molecule has 172 valence electrons. The van der Waals surface area contributed by atoms with Crippen LogP contribution in [0.5, 0.6) is 0 Å². The predicted molar refractivity (Wildman–Crippen MR) is 131 cm³/mol. The van der Waals surface area contributed by atoms with Crippen molar-refractivity contribution in [3.05, 3.63) is 71.0 Å². The molecule has 8 nitrogen and oxygen atoms in total. The van der Waals surface area contributed by atoms with Gasteiger partial charge in [-0.15, -0.1) is 12.4 Å². The molecule has 3 aromatic heterocycles. The van der Waals surface area contributed by atoms with E-state index in [0.717, 1.165) is 41.8 Å². The number of benzene rings is 1. The largest absolute Gasteiger partial charge is 0.380 e. The Kier molecular flexibility index (Phi) is 6.65. The Balaban J connectivity index is 0.00000259. The summed E-state index contributed by atoms with van der Waals surface area (Å²) in [4.78, 5) is 31.6. The molecule has 1 aliphatic heterocycles. The van der Waals surface area contributed by atoms with E-state index in [1.165, 1.54) is 4.68 Å². The van der Waals surface area contributed by atoms with Crippen LogP contribution in [0, 0.1) is 0 Å². The molecule has 1 unspecified atom stereocenters. The fourth-order valence-electron chi connectivity index (χ4n) is 4.44. The first-order valence-electron chi connectivity index (χ1n) is 11.0. The summed E-state index contributed by atoms with van der Waals surface area (Å²) in [6, 6.07) is 11.8. The number of nitrogens with zero attached hydrogens (tertiary/aromatic N) is 5. The lowest BCUT2D eigenvalue weighted by atomic mass is 10.0. The third kappa shape index (κ3) is 4.71. The van der Waals surface area contributed by atoms with E-state index in [1.807, 2.05) is 58.1 Å². The average molecular weight is 467 g/mol. The lowest BCUT2D eigenvalue weighted by Gasteiger charge is -2.33. The van der Waals surface area contributed by atoms with Gasteiger partial charge in [-0.1, -0.05) is 18.2 Å². The fraction of sp³-hybridized carbons (Fsp3) is 0.333. The number of piperidine rings is 1. The summed E-state index contributed by atoms with van der Waals surface area (Å²) in [6.07, 6.45) is 8.22. The van der Waals surface area contributed by atoms with E-state index >= 15 is 0 Å². The molecule has 1 aliphatic rings. The summed E-state index contributed by atoms with van der Waals surface area (Å²) >= 11 is 0. The molecule has 4 heterocycles. The van der Waals surface area contributed by atoms with Crippen LogP contribution in [0.25, 0.3) is 16.4 Å². The lowest BCUT2D eigenvalue weighted by Crippen LogP contribution is -2.44. The molecule has 1 aromatic carbocycles. The number of imidazole rings is 1. The van der Waals surface area contributed by atoms with Crippen molar-refractivity contribution in [2.75, 3.05) is 18.4 Å². The fourth-order valence-corrected chi connectivity index (χ4v) is 4.44. The van der Waals surface area contributed by atoms with Gasteiger partial charge >= 0.3 is 0 Å². The Morgan fingerprint density at radius 3 is 2.91 bits per heavy atom. The molecule has 1 atom stereocenters.